The van der Waals surface area contributed by atoms with Crippen molar-refractivity contribution in [1.82, 2.24) is 10.2 Å². The lowest BCUT2D eigenvalue weighted by atomic mass is 10.2. The average Bonchev–Trinajstić information content (AvgIpc) is 2.62. The van der Waals surface area contributed by atoms with Crippen molar-refractivity contribution in [3.8, 4) is 6.07 Å². The lowest BCUT2D eigenvalue weighted by Crippen LogP contribution is -2.39. The third-order valence-electron chi connectivity index (χ3n) is 3.70. The van der Waals surface area contributed by atoms with Crippen LogP contribution in [0.4, 0.5) is 5.69 Å². The molecule has 0 radical (unpaired) electrons. The number of carbonyl (C=O) groups excluding carboxylic acids is 1. The van der Waals surface area contributed by atoms with E-state index in [-0.39, 0.29) is 10.5 Å². The Morgan fingerprint density at radius 2 is 1.96 bits per heavy atom. The van der Waals surface area contributed by atoms with Gasteiger partial charge in [-0.05, 0) is 24.3 Å². The van der Waals surface area contributed by atoms with Crippen LogP contribution in [0.3, 0.4) is 0 Å². The van der Waals surface area contributed by atoms with Crippen molar-refractivity contribution < 1.29 is 22.5 Å². The Balaban J connectivity index is 1.86. The van der Waals surface area contributed by atoms with Gasteiger partial charge in [-0.15, -0.1) is 0 Å². The second-order valence-corrected chi connectivity index (χ2v) is 6.95. The van der Waals surface area contributed by atoms with Gasteiger partial charge in [0, 0.05) is 38.1 Å². The second kappa shape index (κ2) is 9.30. The van der Waals surface area contributed by atoms with Crippen molar-refractivity contribution in [1.29, 1.82) is 5.26 Å². The van der Waals surface area contributed by atoms with Gasteiger partial charge >= 0.3 is 0 Å². The maximum Gasteiger partial charge on any atom is 0.294 e. The Labute approximate surface area is 152 Å². The van der Waals surface area contributed by atoms with E-state index in [4.69, 9.17) is 14.6 Å². The molecule has 0 bridgehead atoms. The van der Waals surface area contributed by atoms with Crippen molar-refractivity contribution in [2.75, 3.05) is 44.7 Å². The standard InChI is InChI=1S/C16H20N4O5S/c17-11-13(12-18-5-6-20-7-9-25-10-8-20)16(21)19-14-1-3-15(4-2-14)26(22,23)24/h1-4,12,18H,5-10H2,(H,19,21)(H,22,23,24)/b13-12-. The van der Waals surface area contributed by atoms with Crippen LogP contribution in [0.1, 0.15) is 0 Å². The molecule has 0 atom stereocenters. The summed E-state index contributed by atoms with van der Waals surface area (Å²) in [5.74, 6) is -0.619. The summed E-state index contributed by atoms with van der Waals surface area (Å²) in [6, 6.07) is 6.76. The Bertz CT molecular complexity index is 793. The molecule has 1 saturated heterocycles. The highest BCUT2D eigenvalue weighted by atomic mass is 32.2. The molecular formula is C16H20N4O5S. The van der Waals surface area contributed by atoms with Crippen molar-refractivity contribution in [3.63, 3.8) is 0 Å². The minimum absolute atomic E-state index is 0.106. The summed E-state index contributed by atoms with van der Waals surface area (Å²) in [7, 11) is -4.29. The van der Waals surface area contributed by atoms with Gasteiger partial charge in [0.25, 0.3) is 16.0 Å². The van der Waals surface area contributed by atoms with Gasteiger partial charge in [-0.3, -0.25) is 14.2 Å². The van der Waals surface area contributed by atoms with Gasteiger partial charge in [0.15, 0.2) is 0 Å². The number of nitrogens with one attached hydrogen (secondary N) is 2. The smallest absolute Gasteiger partial charge is 0.294 e. The second-order valence-electron chi connectivity index (χ2n) is 5.53. The summed E-state index contributed by atoms with van der Waals surface area (Å²) in [4.78, 5) is 14.0. The fourth-order valence-electron chi connectivity index (χ4n) is 2.28. The third kappa shape index (κ3) is 6.12. The van der Waals surface area contributed by atoms with Crippen molar-refractivity contribution in [2.45, 2.75) is 4.90 Å². The highest BCUT2D eigenvalue weighted by Crippen LogP contribution is 2.14. The number of nitriles is 1. The van der Waals surface area contributed by atoms with Gasteiger partial charge in [-0.2, -0.15) is 13.7 Å². The van der Waals surface area contributed by atoms with E-state index >= 15 is 0 Å². The average molecular weight is 380 g/mol. The Morgan fingerprint density at radius 3 is 2.54 bits per heavy atom. The molecule has 1 amide bonds. The molecule has 1 heterocycles. The topological polar surface area (TPSA) is 132 Å². The van der Waals surface area contributed by atoms with Gasteiger partial charge in [0.2, 0.25) is 0 Å². The Hall–Kier alpha value is -2.45. The van der Waals surface area contributed by atoms with Crippen LogP contribution in [0.25, 0.3) is 0 Å². The number of morpholine rings is 1. The number of benzene rings is 1. The lowest BCUT2D eigenvalue weighted by Gasteiger charge is -2.26. The quantitative estimate of drug-likeness (QED) is 0.265. The number of anilines is 1. The van der Waals surface area contributed by atoms with Gasteiger partial charge < -0.3 is 15.4 Å². The van der Waals surface area contributed by atoms with Crippen LogP contribution in [0.15, 0.2) is 40.9 Å². The molecule has 1 aromatic rings. The maximum absolute atomic E-state index is 12.1. The zero-order valence-corrected chi connectivity index (χ0v) is 14.8. The molecule has 0 aliphatic carbocycles. The van der Waals surface area contributed by atoms with E-state index in [2.05, 4.69) is 15.5 Å². The number of amides is 1. The van der Waals surface area contributed by atoms with E-state index < -0.39 is 16.0 Å². The molecular weight excluding hydrogens is 360 g/mol. The van der Waals surface area contributed by atoms with E-state index in [0.29, 0.717) is 25.4 Å². The van der Waals surface area contributed by atoms with Gasteiger partial charge in [0.1, 0.15) is 11.6 Å². The number of nitrogens with zero attached hydrogens (tertiary/aromatic N) is 2. The van der Waals surface area contributed by atoms with Crippen molar-refractivity contribution in [3.05, 3.63) is 36.0 Å². The predicted molar refractivity (Wildman–Crippen MR) is 93.8 cm³/mol. The summed E-state index contributed by atoms with van der Waals surface area (Å²) in [6.07, 6.45) is 1.35. The molecule has 140 valence electrons. The molecule has 1 aromatic carbocycles. The molecule has 0 spiro atoms. The van der Waals surface area contributed by atoms with E-state index in [1.54, 1.807) is 0 Å². The molecule has 10 heteroatoms. The molecule has 26 heavy (non-hydrogen) atoms. The summed E-state index contributed by atoms with van der Waals surface area (Å²) in [5, 5.41) is 14.5. The third-order valence-corrected chi connectivity index (χ3v) is 4.57. The molecule has 3 N–H and O–H groups in total. The van der Waals surface area contributed by atoms with Crippen LogP contribution >= 0.6 is 0 Å². The molecule has 0 aromatic heterocycles. The van der Waals surface area contributed by atoms with E-state index in [9.17, 15) is 13.2 Å². The molecule has 1 aliphatic rings. The number of carbonyl (C=O) groups is 1. The van der Waals surface area contributed by atoms with Crippen LogP contribution in [-0.2, 0) is 19.6 Å². The SMILES string of the molecule is N#C/C(=C/NCCN1CCOCC1)C(=O)Nc1ccc(S(=O)(=O)O)cc1. The summed E-state index contributed by atoms with van der Waals surface area (Å²) in [5.41, 5.74) is 0.197. The van der Waals surface area contributed by atoms with Crippen LogP contribution in [0, 0.1) is 11.3 Å². The highest BCUT2D eigenvalue weighted by molar-refractivity contribution is 7.85. The first-order valence-corrected chi connectivity index (χ1v) is 9.37. The number of hydrogen-bond acceptors (Lipinski definition) is 7. The fourth-order valence-corrected chi connectivity index (χ4v) is 2.76. The van der Waals surface area contributed by atoms with Crippen LogP contribution in [0.2, 0.25) is 0 Å². The van der Waals surface area contributed by atoms with Crippen molar-refractivity contribution >= 4 is 21.7 Å². The predicted octanol–water partition coefficient (Wildman–Crippen LogP) is 0.201. The summed E-state index contributed by atoms with van der Waals surface area (Å²) >= 11 is 0. The summed E-state index contributed by atoms with van der Waals surface area (Å²) in [6.45, 7) is 4.49. The number of ether oxygens (including phenoxy) is 1. The van der Waals surface area contributed by atoms with E-state index in [0.717, 1.165) is 31.8 Å². The maximum atomic E-state index is 12.1. The molecule has 0 unspecified atom stereocenters. The number of rotatable bonds is 7. The van der Waals surface area contributed by atoms with Crippen LogP contribution < -0.4 is 10.6 Å². The minimum Gasteiger partial charge on any atom is -0.388 e. The van der Waals surface area contributed by atoms with E-state index in [1.807, 2.05) is 6.07 Å². The first-order chi connectivity index (χ1) is 12.4. The first kappa shape index (κ1) is 19.9. The molecule has 1 aliphatic heterocycles. The van der Waals surface area contributed by atoms with Crippen LogP contribution in [0.5, 0.6) is 0 Å². The lowest BCUT2D eigenvalue weighted by molar-refractivity contribution is -0.112. The zero-order chi connectivity index (χ0) is 19.0. The first-order valence-electron chi connectivity index (χ1n) is 7.93. The minimum atomic E-state index is -4.29. The molecule has 0 saturated carbocycles. The largest absolute Gasteiger partial charge is 0.388 e. The molecule has 2 rings (SSSR count). The van der Waals surface area contributed by atoms with Gasteiger partial charge in [-0.25, -0.2) is 0 Å². The Kier molecular flexibility index (Phi) is 7.11. The summed E-state index contributed by atoms with van der Waals surface area (Å²) < 4.78 is 36.1. The zero-order valence-electron chi connectivity index (χ0n) is 14.0. The van der Waals surface area contributed by atoms with Gasteiger partial charge in [0.05, 0.1) is 18.1 Å². The molecule has 1 fully saturated rings. The monoisotopic (exact) mass is 380 g/mol. The van der Waals surface area contributed by atoms with Crippen molar-refractivity contribution in [2.24, 2.45) is 0 Å². The fraction of sp³-hybridized carbons (Fsp3) is 0.375. The normalized spacial score (nSPS) is 15.9. The van der Waals surface area contributed by atoms with E-state index in [1.165, 1.54) is 18.3 Å². The highest BCUT2D eigenvalue weighted by Gasteiger charge is 2.12. The molecule has 9 nitrogen and oxygen atoms in total. The number of hydrogen-bond donors (Lipinski definition) is 3. The Morgan fingerprint density at radius 1 is 1.31 bits per heavy atom. The van der Waals surface area contributed by atoms with Crippen LogP contribution in [-0.4, -0.2) is 63.2 Å². The van der Waals surface area contributed by atoms with Gasteiger partial charge in [-0.1, -0.05) is 0 Å².